The van der Waals surface area contributed by atoms with E-state index in [2.05, 4.69) is 31.2 Å². The maximum absolute atomic E-state index is 9.90. The number of hydrogen-bond acceptors (Lipinski definition) is 3. The lowest BCUT2D eigenvalue weighted by molar-refractivity contribution is 0.0398. The van der Waals surface area contributed by atoms with Crippen LogP contribution in [-0.2, 0) is 11.3 Å². The summed E-state index contributed by atoms with van der Waals surface area (Å²) in [6, 6.07) is 18.3. The van der Waals surface area contributed by atoms with Crippen molar-refractivity contribution in [3.05, 3.63) is 65.7 Å². The second-order valence-corrected chi connectivity index (χ2v) is 5.87. The lowest BCUT2D eigenvalue weighted by Crippen LogP contribution is -2.17. The number of thioether (sulfide) groups is 1. The molecule has 2 rings (SSSR count). The monoisotopic (exact) mass is 288 g/mol. The molecule has 1 atom stereocenters. The highest BCUT2D eigenvalue weighted by Gasteiger charge is 2.05. The normalized spacial score (nSPS) is 12.3. The lowest BCUT2D eigenvalue weighted by Gasteiger charge is -2.11. The van der Waals surface area contributed by atoms with E-state index in [-0.39, 0.29) is 0 Å². The standard InChI is InChI=1S/C17H20O2S/c1-14-7-9-17(10-8-14)20-13-16(18)12-19-11-15-5-3-2-4-6-15/h2-10,16,18H,11-13H2,1H3. The fourth-order valence-corrected chi connectivity index (χ4v) is 2.57. The number of hydrogen-bond donors (Lipinski definition) is 1. The molecule has 20 heavy (non-hydrogen) atoms. The third kappa shape index (κ3) is 5.37. The van der Waals surface area contributed by atoms with E-state index in [9.17, 15) is 5.11 Å². The SMILES string of the molecule is Cc1ccc(SCC(O)COCc2ccccc2)cc1. The molecular formula is C17H20O2S. The van der Waals surface area contributed by atoms with Crippen molar-refractivity contribution in [1.82, 2.24) is 0 Å². The highest BCUT2D eigenvalue weighted by atomic mass is 32.2. The lowest BCUT2D eigenvalue weighted by atomic mass is 10.2. The van der Waals surface area contributed by atoms with Gasteiger partial charge in [-0.3, -0.25) is 0 Å². The second-order valence-electron chi connectivity index (χ2n) is 4.78. The van der Waals surface area contributed by atoms with E-state index in [1.54, 1.807) is 11.8 Å². The summed E-state index contributed by atoms with van der Waals surface area (Å²) in [5.74, 6) is 0.651. The zero-order valence-electron chi connectivity index (χ0n) is 11.7. The molecule has 0 saturated carbocycles. The van der Waals surface area contributed by atoms with Gasteiger partial charge in [-0.2, -0.15) is 0 Å². The second kappa shape index (κ2) is 8.10. The minimum absolute atomic E-state index is 0.369. The third-order valence-corrected chi connectivity index (χ3v) is 4.04. The van der Waals surface area contributed by atoms with E-state index in [4.69, 9.17) is 4.74 Å². The van der Waals surface area contributed by atoms with Crippen molar-refractivity contribution in [2.45, 2.75) is 24.5 Å². The van der Waals surface area contributed by atoms with Crippen molar-refractivity contribution >= 4 is 11.8 Å². The van der Waals surface area contributed by atoms with Gasteiger partial charge in [-0.15, -0.1) is 11.8 Å². The van der Waals surface area contributed by atoms with Crippen LogP contribution in [0.25, 0.3) is 0 Å². The van der Waals surface area contributed by atoms with Crippen LogP contribution >= 0.6 is 11.8 Å². The van der Waals surface area contributed by atoms with E-state index < -0.39 is 6.10 Å². The third-order valence-electron chi connectivity index (χ3n) is 2.89. The van der Waals surface area contributed by atoms with Crippen LogP contribution < -0.4 is 0 Å². The minimum atomic E-state index is -0.440. The molecule has 2 aromatic rings. The molecule has 3 heteroatoms. The van der Waals surface area contributed by atoms with Crippen molar-refractivity contribution in [3.63, 3.8) is 0 Å². The van der Waals surface area contributed by atoms with Gasteiger partial charge in [-0.05, 0) is 24.6 Å². The summed E-state index contributed by atoms with van der Waals surface area (Å²) in [4.78, 5) is 1.18. The molecule has 0 radical (unpaired) electrons. The average Bonchev–Trinajstić information content (AvgIpc) is 2.48. The number of aryl methyl sites for hydroxylation is 1. The molecule has 2 nitrogen and oxygen atoms in total. The van der Waals surface area contributed by atoms with Gasteiger partial charge in [0.05, 0.1) is 19.3 Å². The summed E-state index contributed by atoms with van der Waals surface area (Å²) in [5.41, 5.74) is 2.38. The molecule has 2 aromatic carbocycles. The Bertz CT molecular complexity index is 496. The highest BCUT2D eigenvalue weighted by Crippen LogP contribution is 2.19. The van der Waals surface area contributed by atoms with E-state index >= 15 is 0 Å². The van der Waals surface area contributed by atoms with Crippen LogP contribution in [-0.4, -0.2) is 23.6 Å². The van der Waals surface area contributed by atoms with Gasteiger partial charge >= 0.3 is 0 Å². The van der Waals surface area contributed by atoms with Crippen molar-refractivity contribution in [2.24, 2.45) is 0 Å². The summed E-state index contributed by atoms with van der Waals surface area (Å²) >= 11 is 1.65. The first kappa shape index (κ1) is 15.1. The number of benzene rings is 2. The van der Waals surface area contributed by atoms with Crippen LogP contribution in [0.4, 0.5) is 0 Å². The molecule has 0 aromatic heterocycles. The predicted molar refractivity (Wildman–Crippen MR) is 84.0 cm³/mol. The number of ether oxygens (including phenoxy) is 1. The van der Waals surface area contributed by atoms with Crippen LogP contribution in [0.2, 0.25) is 0 Å². The van der Waals surface area contributed by atoms with E-state index in [1.165, 1.54) is 10.5 Å². The first-order chi connectivity index (χ1) is 9.74. The zero-order chi connectivity index (χ0) is 14.2. The number of aliphatic hydroxyl groups is 1. The van der Waals surface area contributed by atoms with Gasteiger partial charge < -0.3 is 9.84 Å². The fraction of sp³-hybridized carbons (Fsp3) is 0.294. The molecule has 0 bridgehead atoms. The van der Waals surface area contributed by atoms with Crippen LogP contribution in [0, 0.1) is 6.92 Å². The van der Waals surface area contributed by atoms with Gasteiger partial charge in [-0.25, -0.2) is 0 Å². The Morgan fingerprint density at radius 2 is 1.75 bits per heavy atom. The molecule has 0 aliphatic heterocycles. The first-order valence-electron chi connectivity index (χ1n) is 6.73. The quantitative estimate of drug-likeness (QED) is 0.788. The van der Waals surface area contributed by atoms with Crippen LogP contribution in [0.15, 0.2) is 59.5 Å². The Kier molecular flexibility index (Phi) is 6.12. The summed E-state index contributed by atoms with van der Waals surface area (Å²) < 4.78 is 5.53. The molecule has 0 amide bonds. The number of rotatable bonds is 7. The zero-order valence-corrected chi connectivity index (χ0v) is 12.5. The molecule has 0 spiro atoms. The van der Waals surface area contributed by atoms with E-state index in [1.807, 2.05) is 30.3 Å². The summed E-state index contributed by atoms with van der Waals surface area (Å²) in [6.07, 6.45) is -0.440. The topological polar surface area (TPSA) is 29.5 Å². The Balaban J connectivity index is 1.65. The molecule has 1 N–H and O–H groups in total. The Hall–Kier alpha value is -1.29. The van der Waals surface area contributed by atoms with Gasteiger partial charge in [0.15, 0.2) is 0 Å². The summed E-state index contributed by atoms with van der Waals surface area (Å²) in [7, 11) is 0. The molecule has 0 saturated heterocycles. The van der Waals surface area contributed by atoms with Gasteiger partial charge in [-0.1, -0.05) is 48.0 Å². The molecule has 106 valence electrons. The van der Waals surface area contributed by atoms with E-state index in [0.29, 0.717) is 19.0 Å². The minimum Gasteiger partial charge on any atom is -0.390 e. The van der Waals surface area contributed by atoms with Gasteiger partial charge in [0.2, 0.25) is 0 Å². The Morgan fingerprint density at radius 1 is 1.05 bits per heavy atom. The van der Waals surface area contributed by atoms with E-state index in [0.717, 1.165) is 5.56 Å². The highest BCUT2D eigenvalue weighted by molar-refractivity contribution is 7.99. The smallest absolute Gasteiger partial charge is 0.0867 e. The van der Waals surface area contributed by atoms with Gasteiger partial charge in [0, 0.05) is 10.6 Å². The fourth-order valence-electron chi connectivity index (χ4n) is 1.76. The molecule has 0 heterocycles. The summed E-state index contributed by atoms with van der Waals surface area (Å²) in [6.45, 7) is 2.99. The van der Waals surface area contributed by atoms with Crippen LogP contribution in [0.3, 0.4) is 0 Å². The largest absolute Gasteiger partial charge is 0.390 e. The summed E-state index contributed by atoms with van der Waals surface area (Å²) in [5, 5.41) is 9.90. The average molecular weight is 288 g/mol. The van der Waals surface area contributed by atoms with Crippen molar-refractivity contribution in [3.8, 4) is 0 Å². The molecule has 0 fully saturated rings. The molecular weight excluding hydrogens is 268 g/mol. The number of aliphatic hydroxyl groups excluding tert-OH is 1. The van der Waals surface area contributed by atoms with Crippen LogP contribution in [0.5, 0.6) is 0 Å². The molecule has 0 aliphatic rings. The van der Waals surface area contributed by atoms with Crippen LogP contribution in [0.1, 0.15) is 11.1 Å². The van der Waals surface area contributed by atoms with Gasteiger partial charge in [0.25, 0.3) is 0 Å². The maximum Gasteiger partial charge on any atom is 0.0867 e. The Labute approximate surface area is 124 Å². The predicted octanol–water partition coefficient (Wildman–Crippen LogP) is 3.66. The Morgan fingerprint density at radius 3 is 2.45 bits per heavy atom. The molecule has 1 unspecified atom stereocenters. The van der Waals surface area contributed by atoms with Crippen molar-refractivity contribution in [2.75, 3.05) is 12.4 Å². The maximum atomic E-state index is 9.90. The van der Waals surface area contributed by atoms with Crippen molar-refractivity contribution in [1.29, 1.82) is 0 Å². The molecule has 0 aliphatic carbocycles. The van der Waals surface area contributed by atoms with Gasteiger partial charge in [0.1, 0.15) is 0 Å². The van der Waals surface area contributed by atoms with Crippen molar-refractivity contribution < 1.29 is 9.84 Å². The first-order valence-corrected chi connectivity index (χ1v) is 7.72.